The Bertz CT molecular complexity index is 591. The Hall–Kier alpha value is -1.75. The van der Waals surface area contributed by atoms with E-state index in [2.05, 4.69) is 15.3 Å². The molecule has 0 unspecified atom stereocenters. The van der Waals surface area contributed by atoms with Gasteiger partial charge < -0.3 is 5.32 Å². The van der Waals surface area contributed by atoms with Crippen molar-refractivity contribution in [3.05, 3.63) is 35.5 Å². The van der Waals surface area contributed by atoms with Crippen molar-refractivity contribution in [3.8, 4) is 10.7 Å². The molecule has 4 nitrogen and oxygen atoms in total. The van der Waals surface area contributed by atoms with Crippen molar-refractivity contribution in [3.63, 3.8) is 0 Å². The molecule has 1 amide bonds. The van der Waals surface area contributed by atoms with Gasteiger partial charge >= 0.3 is 0 Å². The number of amides is 1. The van der Waals surface area contributed by atoms with Gasteiger partial charge in [0, 0.05) is 17.5 Å². The molecule has 0 bridgehead atoms. The monoisotopic (exact) mass is 301 g/mol. The number of nitrogens with one attached hydrogen (secondary N) is 1. The number of carbonyl (C=O) groups excluding carboxylic acids is 1. The summed E-state index contributed by atoms with van der Waals surface area (Å²) in [7, 11) is 0. The van der Waals surface area contributed by atoms with E-state index in [0.29, 0.717) is 6.54 Å². The summed E-state index contributed by atoms with van der Waals surface area (Å²) < 4.78 is 0. The highest BCUT2D eigenvalue weighted by atomic mass is 32.1. The molecule has 0 atom stereocenters. The third kappa shape index (κ3) is 3.67. The van der Waals surface area contributed by atoms with Crippen molar-refractivity contribution in [1.82, 2.24) is 15.3 Å². The highest BCUT2D eigenvalue weighted by Crippen LogP contribution is 2.24. The van der Waals surface area contributed by atoms with E-state index in [4.69, 9.17) is 0 Å². The molecule has 1 aliphatic carbocycles. The Morgan fingerprint density at radius 2 is 2.14 bits per heavy atom. The maximum Gasteiger partial charge on any atom is 0.223 e. The molecule has 1 N–H and O–H groups in total. The van der Waals surface area contributed by atoms with Gasteiger partial charge in [-0.05, 0) is 25.0 Å². The molecule has 1 aliphatic rings. The van der Waals surface area contributed by atoms with E-state index in [0.717, 1.165) is 29.2 Å². The zero-order valence-corrected chi connectivity index (χ0v) is 12.7. The van der Waals surface area contributed by atoms with E-state index in [1.54, 1.807) is 17.5 Å². The van der Waals surface area contributed by atoms with Gasteiger partial charge in [0.25, 0.3) is 0 Å². The van der Waals surface area contributed by atoms with Crippen molar-refractivity contribution in [2.45, 2.75) is 38.6 Å². The van der Waals surface area contributed by atoms with Crippen LogP contribution in [0.25, 0.3) is 10.7 Å². The Balaban J connectivity index is 1.56. The Morgan fingerprint density at radius 1 is 1.29 bits per heavy atom. The van der Waals surface area contributed by atoms with Gasteiger partial charge in [-0.1, -0.05) is 25.3 Å². The van der Waals surface area contributed by atoms with Crippen LogP contribution in [0.2, 0.25) is 0 Å². The summed E-state index contributed by atoms with van der Waals surface area (Å²) in [5.41, 5.74) is 1.79. The number of pyridine rings is 1. The summed E-state index contributed by atoms with van der Waals surface area (Å²) in [6.45, 7) is 0.513. The first-order chi connectivity index (χ1) is 10.3. The van der Waals surface area contributed by atoms with E-state index in [1.807, 2.05) is 23.6 Å². The molecule has 0 saturated heterocycles. The lowest BCUT2D eigenvalue weighted by Gasteiger charge is -2.20. The first-order valence-corrected chi connectivity index (χ1v) is 8.34. The van der Waals surface area contributed by atoms with Crippen molar-refractivity contribution in [2.24, 2.45) is 5.92 Å². The van der Waals surface area contributed by atoms with E-state index in [1.165, 1.54) is 19.3 Å². The van der Waals surface area contributed by atoms with Crippen LogP contribution in [-0.2, 0) is 11.3 Å². The van der Waals surface area contributed by atoms with Gasteiger partial charge in [-0.2, -0.15) is 0 Å². The largest absolute Gasteiger partial charge is 0.350 e. The minimum absolute atomic E-state index is 0.182. The SMILES string of the molecule is O=C(NCc1csc(-c2ccccn2)n1)C1CCCCC1. The summed E-state index contributed by atoms with van der Waals surface area (Å²) in [6, 6.07) is 5.79. The molecule has 1 saturated carbocycles. The molecule has 5 heteroatoms. The van der Waals surface area contributed by atoms with Crippen LogP contribution in [0, 0.1) is 5.92 Å². The van der Waals surface area contributed by atoms with Crippen LogP contribution in [0.15, 0.2) is 29.8 Å². The Labute approximate surface area is 128 Å². The molecule has 1 fully saturated rings. The lowest BCUT2D eigenvalue weighted by Crippen LogP contribution is -2.31. The fourth-order valence-corrected chi connectivity index (χ4v) is 3.48. The second kappa shape index (κ2) is 6.80. The van der Waals surface area contributed by atoms with Gasteiger partial charge in [0.2, 0.25) is 5.91 Å². The van der Waals surface area contributed by atoms with Gasteiger partial charge in [-0.15, -0.1) is 11.3 Å². The molecule has 21 heavy (non-hydrogen) atoms. The molecule has 2 aromatic heterocycles. The second-order valence-corrected chi connectivity index (χ2v) is 6.27. The quantitative estimate of drug-likeness (QED) is 0.941. The molecular weight excluding hydrogens is 282 g/mol. The number of hydrogen-bond donors (Lipinski definition) is 1. The number of rotatable bonds is 4. The van der Waals surface area contributed by atoms with E-state index >= 15 is 0 Å². The Morgan fingerprint density at radius 3 is 2.90 bits per heavy atom. The molecule has 3 rings (SSSR count). The minimum Gasteiger partial charge on any atom is -0.350 e. The molecule has 2 heterocycles. The van der Waals surface area contributed by atoms with Crippen LogP contribution < -0.4 is 5.32 Å². The van der Waals surface area contributed by atoms with E-state index < -0.39 is 0 Å². The smallest absolute Gasteiger partial charge is 0.223 e. The van der Waals surface area contributed by atoms with Gasteiger partial charge in [-0.3, -0.25) is 9.78 Å². The molecule has 110 valence electrons. The summed E-state index contributed by atoms with van der Waals surface area (Å²) in [6.07, 6.45) is 7.45. The summed E-state index contributed by atoms with van der Waals surface area (Å²) in [5, 5.41) is 5.91. The van der Waals surface area contributed by atoms with Crippen LogP contribution in [0.4, 0.5) is 0 Å². The topological polar surface area (TPSA) is 54.9 Å². The fourth-order valence-electron chi connectivity index (χ4n) is 2.68. The number of aromatic nitrogens is 2. The third-order valence-corrected chi connectivity index (χ3v) is 4.77. The Kier molecular flexibility index (Phi) is 4.60. The van der Waals surface area contributed by atoms with Gasteiger partial charge in [-0.25, -0.2) is 4.98 Å². The maximum atomic E-state index is 12.1. The molecule has 0 radical (unpaired) electrons. The zero-order chi connectivity index (χ0) is 14.5. The molecule has 0 aliphatic heterocycles. The van der Waals surface area contributed by atoms with Crippen LogP contribution >= 0.6 is 11.3 Å². The summed E-state index contributed by atoms with van der Waals surface area (Å²) in [4.78, 5) is 20.9. The van der Waals surface area contributed by atoms with Crippen LogP contribution in [0.1, 0.15) is 37.8 Å². The lowest BCUT2D eigenvalue weighted by molar-refractivity contribution is -0.126. The molecule has 2 aromatic rings. The van der Waals surface area contributed by atoms with E-state index in [-0.39, 0.29) is 11.8 Å². The lowest BCUT2D eigenvalue weighted by atomic mass is 9.89. The molecule has 0 spiro atoms. The van der Waals surface area contributed by atoms with E-state index in [9.17, 15) is 4.79 Å². The van der Waals surface area contributed by atoms with Gasteiger partial charge in [0.05, 0.1) is 17.9 Å². The predicted molar refractivity (Wildman–Crippen MR) is 83.8 cm³/mol. The average Bonchev–Trinajstić information content (AvgIpc) is 3.03. The fraction of sp³-hybridized carbons (Fsp3) is 0.438. The maximum absolute atomic E-state index is 12.1. The van der Waals surface area contributed by atoms with Crippen LogP contribution in [0.3, 0.4) is 0 Å². The highest BCUT2D eigenvalue weighted by molar-refractivity contribution is 7.13. The number of hydrogen-bond acceptors (Lipinski definition) is 4. The summed E-state index contributed by atoms with van der Waals surface area (Å²) in [5.74, 6) is 0.384. The van der Waals surface area contributed by atoms with Crippen LogP contribution in [-0.4, -0.2) is 15.9 Å². The molecular formula is C16H19N3OS. The number of nitrogens with zero attached hydrogens (tertiary/aromatic N) is 2. The van der Waals surface area contributed by atoms with Crippen molar-refractivity contribution < 1.29 is 4.79 Å². The van der Waals surface area contributed by atoms with Crippen LogP contribution in [0.5, 0.6) is 0 Å². The minimum atomic E-state index is 0.182. The summed E-state index contributed by atoms with van der Waals surface area (Å²) >= 11 is 1.56. The first-order valence-electron chi connectivity index (χ1n) is 7.46. The van der Waals surface area contributed by atoms with Crippen molar-refractivity contribution in [2.75, 3.05) is 0 Å². The average molecular weight is 301 g/mol. The zero-order valence-electron chi connectivity index (χ0n) is 11.9. The van der Waals surface area contributed by atoms with Crippen molar-refractivity contribution >= 4 is 17.2 Å². The molecule has 0 aromatic carbocycles. The first kappa shape index (κ1) is 14.2. The number of carbonyl (C=O) groups is 1. The second-order valence-electron chi connectivity index (χ2n) is 5.41. The highest BCUT2D eigenvalue weighted by Gasteiger charge is 2.20. The standard InChI is InChI=1S/C16H19N3OS/c20-15(12-6-2-1-3-7-12)18-10-13-11-21-16(19-13)14-8-4-5-9-17-14/h4-5,8-9,11-12H,1-3,6-7,10H2,(H,18,20). The van der Waals surface area contributed by atoms with Crippen molar-refractivity contribution in [1.29, 1.82) is 0 Å². The number of thiazole rings is 1. The van der Waals surface area contributed by atoms with Gasteiger partial charge in [0.15, 0.2) is 0 Å². The third-order valence-electron chi connectivity index (χ3n) is 3.86. The normalized spacial score (nSPS) is 15.8. The predicted octanol–water partition coefficient (Wildman–Crippen LogP) is 3.40. The van der Waals surface area contributed by atoms with Gasteiger partial charge in [0.1, 0.15) is 5.01 Å².